The number of ether oxygens (including phenoxy) is 2. The summed E-state index contributed by atoms with van der Waals surface area (Å²) in [6.45, 7) is 4.74. The summed E-state index contributed by atoms with van der Waals surface area (Å²) < 4.78 is 10.1. The van der Waals surface area contributed by atoms with Crippen LogP contribution in [0.3, 0.4) is 0 Å². The van der Waals surface area contributed by atoms with Gasteiger partial charge in [0, 0.05) is 39.8 Å². The molecule has 1 unspecified atom stereocenters. The predicted octanol–water partition coefficient (Wildman–Crippen LogP) is 0.746. The first-order chi connectivity index (χ1) is 11.1. The summed E-state index contributed by atoms with van der Waals surface area (Å²) in [5.74, 6) is 0.759. The molecular formula is C17H27N3O3. The van der Waals surface area contributed by atoms with Gasteiger partial charge in [0.05, 0.1) is 13.2 Å². The lowest BCUT2D eigenvalue weighted by molar-refractivity contribution is -0.125. The van der Waals surface area contributed by atoms with E-state index in [-0.39, 0.29) is 18.6 Å². The van der Waals surface area contributed by atoms with E-state index in [0.29, 0.717) is 6.54 Å². The maximum atomic E-state index is 11.7. The number of nitrogens with zero attached hydrogens (tertiary/aromatic N) is 2. The van der Waals surface area contributed by atoms with Crippen LogP contribution in [0.5, 0.6) is 5.75 Å². The van der Waals surface area contributed by atoms with Crippen LogP contribution in [0.2, 0.25) is 0 Å². The van der Waals surface area contributed by atoms with E-state index in [1.807, 2.05) is 12.1 Å². The SMILES string of the molecule is COCC(=O)NCC(c1ccc(OC)cc1)N1CCN(C)CC1. The Balaban J connectivity index is 2.07. The van der Waals surface area contributed by atoms with Crippen molar-refractivity contribution in [1.82, 2.24) is 15.1 Å². The van der Waals surface area contributed by atoms with Crippen LogP contribution in [-0.2, 0) is 9.53 Å². The molecule has 6 nitrogen and oxygen atoms in total. The summed E-state index contributed by atoms with van der Waals surface area (Å²) in [6.07, 6.45) is 0. The molecule has 1 aromatic carbocycles. The molecule has 23 heavy (non-hydrogen) atoms. The third-order valence-corrected chi connectivity index (χ3v) is 4.25. The van der Waals surface area contributed by atoms with Gasteiger partial charge in [0.2, 0.25) is 5.91 Å². The first kappa shape index (κ1) is 17.7. The molecule has 0 spiro atoms. The van der Waals surface area contributed by atoms with E-state index in [1.54, 1.807) is 7.11 Å². The smallest absolute Gasteiger partial charge is 0.246 e. The van der Waals surface area contributed by atoms with Crippen molar-refractivity contribution < 1.29 is 14.3 Å². The van der Waals surface area contributed by atoms with Gasteiger partial charge in [-0.3, -0.25) is 9.69 Å². The molecule has 0 saturated carbocycles. The molecule has 0 aliphatic carbocycles. The normalized spacial score (nSPS) is 17.7. The molecule has 2 rings (SSSR count). The second-order valence-corrected chi connectivity index (χ2v) is 5.87. The monoisotopic (exact) mass is 321 g/mol. The summed E-state index contributed by atoms with van der Waals surface area (Å²) in [4.78, 5) is 16.5. The van der Waals surface area contributed by atoms with Gasteiger partial charge in [0.1, 0.15) is 12.4 Å². The largest absolute Gasteiger partial charge is 0.497 e. The molecule has 6 heteroatoms. The maximum Gasteiger partial charge on any atom is 0.246 e. The fraction of sp³-hybridized carbons (Fsp3) is 0.588. The summed E-state index contributed by atoms with van der Waals surface area (Å²) in [5.41, 5.74) is 1.19. The first-order valence-corrected chi connectivity index (χ1v) is 7.96. The zero-order valence-corrected chi connectivity index (χ0v) is 14.2. The van der Waals surface area contributed by atoms with Crippen molar-refractivity contribution in [3.05, 3.63) is 29.8 Å². The molecule has 128 valence electrons. The molecule has 1 atom stereocenters. The molecule has 0 radical (unpaired) electrons. The second-order valence-electron chi connectivity index (χ2n) is 5.87. The number of hydrogen-bond acceptors (Lipinski definition) is 5. The average Bonchev–Trinajstić information content (AvgIpc) is 2.57. The molecule has 1 saturated heterocycles. The topological polar surface area (TPSA) is 54.0 Å². The van der Waals surface area contributed by atoms with Crippen LogP contribution in [0.1, 0.15) is 11.6 Å². The Labute approximate surface area is 138 Å². The van der Waals surface area contributed by atoms with Gasteiger partial charge < -0.3 is 19.7 Å². The van der Waals surface area contributed by atoms with Crippen molar-refractivity contribution in [2.45, 2.75) is 6.04 Å². The third-order valence-electron chi connectivity index (χ3n) is 4.25. The zero-order valence-electron chi connectivity index (χ0n) is 14.2. The molecule has 0 aromatic heterocycles. The Morgan fingerprint density at radius 1 is 1.17 bits per heavy atom. The number of hydrogen-bond donors (Lipinski definition) is 1. The Morgan fingerprint density at radius 3 is 2.39 bits per heavy atom. The van der Waals surface area contributed by atoms with Crippen molar-refractivity contribution in [2.75, 3.05) is 60.6 Å². The van der Waals surface area contributed by atoms with Crippen LogP contribution >= 0.6 is 0 Å². The van der Waals surface area contributed by atoms with Crippen molar-refractivity contribution >= 4 is 5.91 Å². The van der Waals surface area contributed by atoms with Crippen LogP contribution in [0, 0.1) is 0 Å². The lowest BCUT2D eigenvalue weighted by Crippen LogP contribution is -2.48. The average molecular weight is 321 g/mol. The Hall–Kier alpha value is -1.63. The number of methoxy groups -OCH3 is 2. The number of likely N-dealkylation sites (N-methyl/N-ethyl adjacent to an activating group) is 1. The highest BCUT2D eigenvalue weighted by atomic mass is 16.5. The van der Waals surface area contributed by atoms with Gasteiger partial charge in [-0.15, -0.1) is 0 Å². The van der Waals surface area contributed by atoms with Crippen molar-refractivity contribution in [1.29, 1.82) is 0 Å². The van der Waals surface area contributed by atoms with E-state index < -0.39 is 0 Å². The number of piperazine rings is 1. The van der Waals surface area contributed by atoms with Gasteiger partial charge >= 0.3 is 0 Å². The molecule has 1 aliphatic rings. The Morgan fingerprint density at radius 2 is 1.83 bits per heavy atom. The van der Waals surface area contributed by atoms with Crippen molar-refractivity contribution in [2.24, 2.45) is 0 Å². The summed E-state index contributed by atoms with van der Waals surface area (Å²) in [6, 6.07) is 8.25. The number of nitrogens with one attached hydrogen (secondary N) is 1. The molecule has 1 amide bonds. The number of carbonyl (C=O) groups excluding carboxylic acids is 1. The fourth-order valence-corrected chi connectivity index (χ4v) is 2.81. The van der Waals surface area contributed by atoms with Crippen molar-refractivity contribution in [3.8, 4) is 5.75 Å². The van der Waals surface area contributed by atoms with E-state index in [1.165, 1.54) is 12.7 Å². The molecule has 1 N–H and O–H groups in total. The molecule has 1 fully saturated rings. The lowest BCUT2D eigenvalue weighted by atomic mass is 10.0. The van der Waals surface area contributed by atoms with Crippen LogP contribution in [0.15, 0.2) is 24.3 Å². The minimum absolute atomic E-state index is 0.0832. The summed E-state index contributed by atoms with van der Waals surface area (Å²) in [5, 5.41) is 2.97. The summed E-state index contributed by atoms with van der Waals surface area (Å²) >= 11 is 0. The minimum Gasteiger partial charge on any atom is -0.497 e. The molecular weight excluding hydrogens is 294 g/mol. The van der Waals surface area contributed by atoms with E-state index in [2.05, 4.69) is 34.3 Å². The fourth-order valence-electron chi connectivity index (χ4n) is 2.81. The van der Waals surface area contributed by atoms with Crippen LogP contribution in [0.25, 0.3) is 0 Å². The van der Waals surface area contributed by atoms with Crippen LogP contribution in [-0.4, -0.2) is 76.3 Å². The number of amides is 1. The molecule has 1 aliphatic heterocycles. The van der Waals surface area contributed by atoms with Gasteiger partial charge in [0.15, 0.2) is 0 Å². The van der Waals surface area contributed by atoms with Gasteiger partial charge in [-0.2, -0.15) is 0 Å². The number of carbonyl (C=O) groups is 1. The van der Waals surface area contributed by atoms with Crippen molar-refractivity contribution in [3.63, 3.8) is 0 Å². The van der Waals surface area contributed by atoms with Gasteiger partial charge in [-0.25, -0.2) is 0 Å². The highest BCUT2D eigenvalue weighted by Gasteiger charge is 2.24. The summed E-state index contributed by atoms with van der Waals surface area (Å²) in [7, 11) is 5.33. The van der Waals surface area contributed by atoms with E-state index in [0.717, 1.165) is 31.9 Å². The molecule has 1 heterocycles. The van der Waals surface area contributed by atoms with Gasteiger partial charge in [-0.1, -0.05) is 12.1 Å². The maximum absolute atomic E-state index is 11.7. The standard InChI is InChI=1S/C17H27N3O3/c1-19-8-10-20(11-9-19)16(12-18-17(21)13-22-2)14-4-6-15(23-3)7-5-14/h4-7,16H,8-13H2,1-3H3,(H,18,21). The Bertz CT molecular complexity index is 484. The third kappa shape index (κ3) is 5.20. The zero-order chi connectivity index (χ0) is 16.7. The second kappa shape index (κ2) is 8.86. The molecule has 0 bridgehead atoms. The minimum atomic E-state index is -0.0832. The van der Waals surface area contributed by atoms with Gasteiger partial charge in [0.25, 0.3) is 0 Å². The van der Waals surface area contributed by atoms with E-state index in [4.69, 9.17) is 9.47 Å². The van der Waals surface area contributed by atoms with Crippen LogP contribution in [0.4, 0.5) is 0 Å². The predicted molar refractivity (Wildman–Crippen MR) is 89.7 cm³/mol. The van der Waals surface area contributed by atoms with E-state index in [9.17, 15) is 4.79 Å². The first-order valence-electron chi connectivity index (χ1n) is 7.96. The quantitative estimate of drug-likeness (QED) is 0.803. The molecule has 1 aromatic rings. The highest BCUT2D eigenvalue weighted by molar-refractivity contribution is 5.77. The lowest BCUT2D eigenvalue weighted by Gasteiger charge is -2.38. The number of rotatable bonds is 7. The Kier molecular flexibility index (Phi) is 6.83. The number of benzene rings is 1. The highest BCUT2D eigenvalue weighted by Crippen LogP contribution is 2.23. The van der Waals surface area contributed by atoms with E-state index >= 15 is 0 Å². The van der Waals surface area contributed by atoms with Crippen LogP contribution < -0.4 is 10.1 Å². The van der Waals surface area contributed by atoms with Gasteiger partial charge in [-0.05, 0) is 24.7 Å².